The van der Waals surface area contributed by atoms with Crippen molar-refractivity contribution in [3.63, 3.8) is 0 Å². The van der Waals surface area contributed by atoms with E-state index in [1.807, 2.05) is 102 Å². The zero-order valence-corrected chi connectivity index (χ0v) is 44.1. The summed E-state index contributed by atoms with van der Waals surface area (Å²) in [6, 6.07) is 28.8. The van der Waals surface area contributed by atoms with Gasteiger partial charge in [0.05, 0.1) is 63.4 Å². The van der Waals surface area contributed by atoms with Crippen LogP contribution in [0, 0.1) is 0 Å². The molecule has 11 rings (SSSR count). The van der Waals surface area contributed by atoms with E-state index in [4.69, 9.17) is 28.9 Å². The second-order valence-corrected chi connectivity index (χ2v) is 26.4. The summed E-state index contributed by atoms with van der Waals surface area (Å²) in [6.45, 7) is 8.24. The van der Waals surface area contributed by atoms with Gasteiger partial charge in [-0.1, -0.05) is 19.6 Å². The molecule has 0 atom stereocenters. The number of methoxy groups -OCH3 is 3. The number of hydrogen-bond donors (Lipinski definition) is 1. The van der Waals surface area contributed by atoms with E-state index < -0.39 is 8.07 Å². The minimum absolute atomic E-state index is 0.429. The summed E-state index contributed by atoms with van der Waals surface area (Å²) in [5.41, 5.74) is 9.94. The van der Waals surface area contributed by atoms with Gasteiger partial charge >= 0.3 is 0 Å². The predicted molar refractivity (Wildman–Crippen MR) is 289 cm³/mol. The van der Waals surface area contributed by atoms with Gasteiger partial charge in [-0.2, -0.15) is 10.2 Å². The Hall–Kier alpha value is -6.74. The second kappa shape index (κ2) is 21.9. The van der Waals surface area contributed by atoms with Crippen LogP contribution in [0.3, 0.4) is 0 Å². The Morgan fingerprint density at radius 1 is 0.557 bits per heavy atom. The highest BCUT2D eigenvalue weighted by atomic mass is 79.9. The van der Waals surface area contributed by atoms with Crippen molar-refractivity contribution in [3.8, 4) is 71.5 Å². The lowest BCUT2D eigenvalue weighted by atomic mass is 10.1. The molecule has 0 amide bonds. The van der Waals surface area contributed by atoms with E-state index in [9.17, 15) is 0 Å². The Labute approximate surface area is 425 Å². The summed E-state index contributed by atoms with van der Waals surface area (Å²) in [6.07, 6.45) is 14.4. The molecule has 0 fully saturated rings. The molecule has 0 saturated carbocycles. The van der Waals surface area contributed by atoms with Crippen LogP contribution < -0.4 is 14.2 Å². The van der Waals surface area contributed by atoms with Crippen molar-refractivity contribution >= 4 is 88.7 Å². The molecular weight excluding hydrogens is 1020 g/mol. The van der Waals surface area contributed by atoms with Gasteiger partial charge in [0.15, 0.2) is 0 Å². The van der Waals surface area contributed by atoms with Gasteiger partial charge in [-0.15, -0.1) is 34.0 Å². The molecule has 0 aliphatic rings. The summed E-state index contributed by atoms with van der Waals surface area (Å²) in [5.74, 6) is 2.53. The van der Waals surface area contributed by atoms with E-state index in [0.717, 1.165) is 119 Å². The molecule has 19 heteroatoms. The van der Waals surface area contributed by atoms with Crippen LogP contribution in [0.1, 0.15) is 0 Å². The highest BCUT2D eigenvalue weighted by Gasteiger charge is 2.18. The number of nitrogens with one attached hydrogen (secondary N) is 1. The molecule has 11 aromatic rings. The molecule has 0 aliphatic carbocycles. The number of benzene rings is 3. The van der Waals surface area contributed by atoms with Crippen molar-refractivity contribution in [3.05, 3.63) is 139 Å². The van der Waals surface area contributed by atoms with Crippen LogP contribution in [0.5, 0.6) is 17.2 Å². The van der Waals surface area contributed by atoms with Gasteiger partial charge in [0.2, 0.25) is 0 Å². The van der Waals surface area contributed by atoms with Crippen LogP contribution in [0.2, 0.25) is 25.7 Å². The Kier molecular flexibility index (Phi) is 15.1. The highest BCUT2D eigenvalue weighted by Crippen LogP contribution is 2.39. The number of fused-ring (bicyclic) bond motifs is 3. The van der Waals surface area contributed by atoms with Crippen molar-refractivity contribution in [1.29, 1.82) is 0 Å². The fourth-order valence-electron chi connectivity index (χ4n) is 7.17. The first kappa shape index (κ1) is 48.3. The van der Waals surface area contributed by atoms with E-state index in [0.29, 0.717) is 6.73 Å². The van der Waals surface area contributed by atoms with Gasteiger partial charge in [0, 0.05) is 96.5 Å². The molecule has 8 heterocycles. The number of thiazole rings is 3. The quantitative estimate of drug-likeness (QED) is 0.0861. The summed E-state index contributed by atoms with van der Waals surface area (Å²) >= 11 is 8.43. The Bertz CT molecular complexity index is 3520. The Morgan fingerprint density at radius 2 is 1.06 bits per heavy atom. The number of pyridine rings is 3. The maximum atomic E-state index is 5.92. The maximum absolute atomic E-state index is 5.92. The van der Waals surface area contributed by atoms with Crippen molar-refractivity contribution in [2.75, 3.05) is 27.9 Å². The SMILES string of the molecule is COc1ccc2nc(-c3ccncc3-c3ccn[nH]3)sc2c1.COc1ccc2nc(-c3ccncc3-c3ccnn3COCC[Si](C)(C)C)sc2c1.COc1ccc2nc(-c3ccncc3Br)sc2c1. The van der Waals surface area contributed by atoms with Crippen LogP contribution >= 0.6 is 49.9 Å². The minimum atomic E-state index is -1.11. The predicted octanol–water partition coefficient (Wildman–Crippen LogP) is 13.4. The molecule has 0 aliphatic heterocycles. The number of ether oxygens (including phenoxy) is 4. The molecule has 14 nitrogen and oxygen atoms in total. The zero-order valence-electron chi connectivity index (χ0n) is 39.1. The van der Waals surface area contributed by atoms with Crippen molar-refractivity contribution in [2.45, 2.75) is 32.4 Å². The van der Waals surface area contributed by atoms with E-state index in [-0.39, 0.29) is 0 Å². The summed E-state index contributed by atoms with van der Waals surface area (Å²) in [7, 11) is 3.90. The molecule has 354 valence electrons. The highest BCUT2D eigenvalue weighted by molar-refractivity contribution is 9.10. The van der Waals surface area contributed by atoms with Crippen LogP contribution in [-0.4, -0.2) is 85.9 Å². The van der Waals surface area contributed by atoms with E-state index in [2.05, 4.69) is 70.8 Å². The molecular formula is C51H47BrN10O4S3Si. The average molecular weight is 1070 g/mol. The minimum Gasteiger partial charge on any atom is -0.497 e. The standard InChI is InChI=1S/C22H26N4O2SSi.C16H12N4OS.C13H9BrN2OS/c1-27-16-5-6-19-21(13-16)29-22(25-19)17-7-9-23-14-18(17)20-8-10-24-26(20)15-28-11-12-30(2,3)4;1-21-10-2-3-14-15(8-10)22-16(19-14)11-4-6-17-9-12(11)13-5-7-18-20-13;1-17-8-2-3-11-12(6-8)18-13(16-11)9-4-5-15-7-10(9)14/h5-10,13-14H,11-12,15H2,1-4H3;2-9H,1H3,(H,18,20);2-7H,1H3. The molecule has 0 bridgehead atoms. The second-order valence-electron chi connectivity index (χ2n) is 16.8. The van der Waals surface area contributed by atoms with Gasteiger partial charge in [-0.05, 0) is 107 Å². The number of aromatic amines is 1. The third-order valence-corrected chi connectivity index (χ3v) is 16.4. The van der Waals surface area contributed by atoms with Gasteiger partial charge in [-0.25, -0.2) is 19.6 Å². The third kappa shape index (κ3) is 11.3. The summed E-state index contributed by atoms with van der Waals surface area (Å²) in [4.78, 5) is 26.8. The molecule has 8 aromatic heterocycles. The number of H-pyrrole nitrogens is 1. The Morgan fingerprint density at radius 3 is 1.56 bits per heavy atom. The number of halogens is 1. The third-order valence-electron chi connectivity index (χ3n) is 10.9. The van der Waals surface area contributed by atoms with Crippen LogP contribution in [0.15, 0.2) is 139 Å². The summed E-state index contributed by atoms with van der Waals surface area (Å²) in [5, 5.41) is 14.3. The number of nitrogens with zero attached hydrogens (tertiary/aromatic N) is 9. The molecule has 0 unspecified atom stereocenters. The number of rotatable bonds is 13. The first-order valence-corrected chi connectivity index (χ1v) is 28.9. The molecule has 0 radical (unpaired) electrons. The molecule has 3 aromatic carbocycles. The normalized spacial score (nSPS) is 11.3. The first-order chi connectivity index (χ1) is 34.1. The van der Waals surface area contributed by atoms with Gasteiger partial charge in [0.25, 0.3) is 0 Å². The number of aromatic nitrogens is 10. The molecule has 70 heavy (non-hydrogen) atoms. The molecule has 1 N–H and O–H groups in total. The van der Waals surface area contributed by atoms with E-state index in [1.165, 1.54) is 0 Å². The van der Waals surface area contributed by atoms with Crippen molar-refractivity contribution in [2.24, 2.45) is 0 Å². The van der Waals surface area contributed by atoms with Gasteiger partial charge in [-0.3, -0.25) is 20.1 Å². The lowest BCUT2D eigenvalue weighted by molar-refractivity contribution is 0.0798. The molecule has 0 saturated heterocycles. The topological polar surface area (TPSA) is 161 Å². The average Bonchev–Trinajstić information content (AvgIpc) is 4.25. The fraction of sp³-hybridized carbons (Fsp3) is 0.176. The van der Waals surface area contributed by atoms with E-state index >= 15 is 0 Å². The van der Waals surface area contributed by atoms with Gasteiger partial charge < -0.3 is 18.9 Å². The van der Waals surface area contributed by atoms with Crippen LogP contribution in [0.25, 0.3) is 84.9 Å². The monoisotopic (exact) mass is 1070 g/mol. The smallest absolute Gasteiger partial charge is 0.139 e. The van der Waals surface area contributed by atoms with Crippen LogP contribution in [0.4, 0.5) is 0 Å². The van der Waals surface area contributed by atoms with Crippen LogP contribution in [-0.2, 0) is 11.5 Å². The van der Waals surface area contributed by atoms with E-state index in [1.54, 1.807) is 92.5 Å². The molecule has 0 spiro atoms. The lowest BCUT2D eigenvalue weighted by Crippen LogP contribution is -2.22. The maximum Gasteiger partial charge on any atom is 0.139 e. The fourth-order valence-corrected chi connectivity index (χ4v) is 11.6. The summed E-state index contributed by atoms with van der Waals surface area (Å²) < 4.78 is 27.9. The van der Waals surface area contributed by atoms with Crippen molar-refractivity contribution in [1.82, 2.24) is 49.9 Å². The van der Waals surface area contributed by atoms with Crippen molar-refractivity contribution < 1.29 is 18.9 Å². The first-order valence-electron chi connectivity index (χ1n) is 22.0. The Balaban J connectivity index is 0.000000135. The lowest BCUT2D eigenvalue weighted by Gasteiger charge is -2.16. The number of hydrogen-bond acceptors (Lipinski definition) is 15. The largest absolute Gasteiger partial charge is 0.497 e. The van der Waals surface area contributed by atoms with Gasteiger partial charge in [0.1, 0.15) is 39.0 Å². The zero-order chi connectivity index (χ0) is 48.6.